The number of hydrogen-bond donors (Lipinski definition) is 2. The molecule has 1 aromatic heterocycles. The second-order valence-corrected chi connectivity index (χ2v) is 4.50. The lowest BCUT2D eigenvalue weighted by Crippen LogP contribution is -2.53. The summed E-state index contributed by atoms with van der Waals surface area (Å²) in [6, 6.07) is -0.659. The standard InChI is InChI=1S/C11H12F3N3O3/c1-10(7-3-2-4-20-7)8(18)17(9(19)16-10)6(5-15)11(12,13)14/h2-4,6H,5,15H2,1H3,(H,16,19). The van der Waals surface area contributed by atoms with Gasteiger partial charge in [-0.15, -0.1) is 0 Å². The maximum Gasteiger partial charge on any atom is 0.410 e. The maximum atomic E-state index is 12.8. The van der Waals surface area contributed by atoms with Gasteiger partial charge in [0.05, 0.1) is 6.26 Å². The SMILES string of the molecule is CC1(c2ccco2)NC(=O)N(C(CN)C(F)(F)F)C1=O. The van der Waals surface area contributed by atoms with E-state index in [4.69, 9.17) is 10.2 Å². The van der Waals surface area contributed by atoms with Crippen molar-refractivity contribution in [1.82, 2.24) is 10.2 Å². The van der Waals surface area contributed by atoms with Crippen molar-refractivity contribution < 1.29 is 27.2 Å². The van der Waals surface area contributed by atoms with Crippen molar-refractivity contribution in [2.45, 2.75) is 24.7 Å². The van der Waals surface area contributed by atoms with Crippen molar-refractivity contribution in [3.63, 3.8) is 0 Å². The van der Waals surface area contributed by atoms with E-state index in [0.29, 0.717) is 0 Å². The van der Waals surface area contributed by atoms with Crippen molar-refractivity contribution in [1.29, 1.82) is 0 Å². The third-order valence-corrected chi connectivity index (χ3v) is 3.15. The Morgan fingerprint density at radius 1 is 1.50 bits per heavy atom. The van der Waals surface area contributed by atoms with Gasteiger partial charge < -0.3 is 15.5 Å². The molecule has 1 fully saturated rings. The fourth-order valence-electron chi connectivity index (χ4n) is 2.06. The Balaban J connectivity index is 2.39. The smallest absolute Gasteiger partial charge is 0.410 e. The number of alkyl halides is 3. The lowest BCUT2D eigenvalue weighted by molar-refractivity contribution is -0.179. The van der Waals surface area contributed by atoms with E-state index in [1.165, 1.54) is 25.3 Å². The summed E-state index contributed by atoms with van der Waals surface area (Å²) >= 11 is 0. The summed E-state index contributed by atoms with van der Waals surface area (Å²) in [6.45, 7) is 0.368. The average molecular weight is 291 g/mol. The van der Waals surface area contributed by atoms with Gasteiger partial charge in [-0.25, -0.2) is 9.69 Å². The molecule has 3 amide bonds. The number of hydrogen-bond acceptors (Lipinski definition) is 4. The number of nitrogens with zero attached hydrogens (tertiary/aromatic N) is 1. The van der Waals surface area contributed by atoms with Crippen LogP contribution < -0.4 is 11.1 Å². The van der Waals surface area contributed by atoms with E-state index in [2.05, 4.69) is 5.32 Å². The predicted molar refractivity (Wildman–Crippen MR) is 60.3 cm³/mol. The number of amides is 3. The molecule has 0 bridgehead atoms. The van der Waals surface area contributed by atoms with E-state index >= 15 is 0 Å². The number of carbonyl (C=O) groups excluding carboxylic acids is 2. The Labute approximate surface area is 111 Å². The molecule has 2 unspecified atom stereocenters. The molecule has 1 aliphatic heterocycles. The monoisotopic (exact) mass is 291 g/mol. The highest BCUT2D eigenvalue weighted by molar-refractivity contribution is 6.07. The van der Waals surface area contributed by atoms with Crippen molar-refractivity contribution in [2.75, 3.05) is 6.54 Å². The number of halogens is 3. The third-order valence-electron chi connectivity index (χ3n) is 3.15. The second kappa shape index (κ2) is 4.51. The zero-order chi connectivity index (χ0) is 15.1. The highest BCUT2D eigenvalue weighted by Crippen LogP contribution is 2.34. The second-order valence-electron chi connectivity index (χ2n) is 4.50. The molecule has 1 saturated heterocycles. The fourth-order valence-corrected chi connectivity index (χ4v) is 2.06. The summed E-state index contributed by atoms with van der Waals surface area (Å²) in [7, 11) is 0. The molecule has 3 N–H and O–H groups in total. The van der Waals surface area contributed by atoms with Gasteiger partial charge in [0, 0.05) is 6.54 Å². The van der Waals surface area contributed by atoms with Crippen molar-refractivity contribution in [3.8, 4) is 0 Å². The summed E-state index contributed by atoms with van der Waals surface area (Å²) in [5, 5.41) is 2.21. The first-order valence-electron chi connectivity index (χ1n) is 5.68. The number of nitrogens with one attached hydrogen (secondary N) is 1. The Morgan fingerprint density at radius 3 is 2.60 bits per heavy atom. The lowest BCUT2D eigenvalue weighted by Gasteiger charge is -2.27. The van der Waals surface area contributed by atoms with Gasteiger partial charge in [0.25, 0.3) is 5.91 Å². The van der Waals surface area contributed by atoms with E-state index < -0.39 is 36.2 Å². The molecule has 6 nitrogen and oxygen atoms in total. The molecule has 0 spiro atoms. The number of carbonyl (C=O) groups is 2. The molecule has 20 heavy (non-hydrogen) atoms. The van der Waals surface area contributed by atoms with Gasteiger partial charge in [-0.3, -0.25) is 4.79 Å². The molecular weight excluding hydrogens is 279 g/mol. The zero-order valence-corrected chi connectivity index (χ0v) is 10.4. The largest absolute Gasteiger partial charge is 0.466 e. The maximum absolute atomic E-state index is 12.8. The molecule has 0 aliphatic carbocycles. The number of furan rings is 1. The van der Waals surface area contributed by atoms with Crippen LogP contribution in [0.25, 0.3) is 0 Å². The van der Waals surface area contributed by atoms with Crippen LogP contribution in [-0.2, 0) is 10.3 Å². The summed E-state index contributed by atoms with van der Waals surface area (Å²) in [5.74, 6) is -0.999. The molecule has 9 heteroatoms. The van der Waals surface area contributed by atoms with Crippen LogP contribution in [0.2, 0.25) is 0 Å². The summed E-state index contributed by atoms with van der Waals surface area (Å²) in [6.07, 6.45) is -3.54. The average Bonchev–Trinajstić information content (AvgIpc) is 2.92. The van der Waals surface area contributed by atoms with E-state index in [1.54, 1.807) is 0 Å². The number of urea groups is 1. The third kappa shape index (κ3) is 2.03. The normalized spacial score (nSPS) is 24.9. The molecule has 0 saturated carbocycles. The van der Waals surface area contributed by atoms with Crippen LogP contribution in [0.3, 0.4) is 0 Å². The first-order valence-corrected chi connectivity index (χ1v) is 5.68. The van der Waals surface area contributed by atoms with Gasteiger partial charge in [0.15, 0.2) is 5.54 Å². The minimum atomic E-state index is -4.80. The van der Waals surface area contributed by atoms with E-state index in [-0.39, 0.29) is 10.7 Å². The molecule has 1 aliphatic rings. The molecule has 2 atom stereocenters. The van der Waals surface area contributed by atoms with Gasteiger partial charge in [-0.1, -0.05) is 0 Å². The molecule has 0 aromatic carbocycles. The van der Waals surface area contributed by atoms with E-state index in [1.807, 2.05) is 0 Å². The van der Waals surface area contributed by atoms with Gasteiger partial charge in [0.1, 0.15) is 11.8 Å². The Hall–Kier alpha value is -2.03. The number of nitrogens with two attached hydrogens (primary N) is 1. The van der Waals surface area contributed by atoms with Crippen molar-refractivity contribution in [3.05, 3.63) is 24.2 Å². The van der Waals surface area contributed by atoms with Crippen molar-refractivity contribution in [2.24, 2.45) is 5.73 Å². The highest BCUT2D eigenvalue weighted by atomic mass is 19.4. The Bertz CT molecular complexity index is 529. The van der Waals surface area contributed by atoms with Gasteiger partial charge in [-0.05, 0) is 19.1 Å². The van der Waals surface area contributed by atoms with Gasteiger partial charge in [-0.2, -0.15) is 13.2 Å². The molecular formula is C11H12F3N3O3. The molecule has 2 rings (SSSR count). The highest BCUT2D eigenvalue weighted by Gasteiger charge is 2.58. The van der Waals surface area contributed by atoms with Gasteiger partial charge in [0.2, 0.25) is 0 Å². The predicted octanol–water partition coefficient (Wildman–Crippen LogP) is 0.936. The minimum absolute atomic E-state index is 0.0521. The van der Waals surface area contributed by atoms with Crippen LogP contribution in [0, 0.1) is 0 Å². The molecule has 2 heterocycles. The van der Waals surface area contributed by atoms with Gasteiger partial charge >= 0.3 is 12.2 Å². The zero-order valence-electron chi connectivity index (χ0n) is 10.4. The molecule has 0 radical (unpaired) electrons. The van der Waals surface area contributed by atoms with Crippen LogP contribution in [0.1, 0.15) is 12.7 Å². The fraction of sp³-hybridized carbons (Fsp3) is 0.455. The van der Waals surface area contributed by atoms with Crippen LogP contribution >= 0.6 is 0 Å². The topological polar surface area (TPSA) is 88.6 Å². The van der Waals surface area contributed by atoms with Crippen LogP contribution in [0.15, 0.2) is 22.8 Å². The quantitative estimate of drug-likeness (QED) is 0.811. The van der Waals surface area contributed by atoms with Crippen LogP contribution in [-0.4, -0.2) is 35.6 Å². The summed E-state index contributed by atoms with van der Waals surface area (Å²) < 4.78 is 43.5. The summed E-state index contributed by atoms with van der Waals surface area (Å²) in [4.78, 5) is 24.0. The first kappa shape index (κ1) is 14.4. The van der Waals surface area contributed by atoms with Crippen LogP contribution in [0.5, 0.6) is 0 Å². The van der Waals surface area contributed by atoms with Crippen LogP contribution in [0.4, 0.5) is 18.0 Å². The summed E-state index contributed by atoms with van der Waals surface area (Å²) in [5.41, 5.74) is 3.39. The first-order chi connectivity index (χ1) is 9.21. The molecule has 110 valence electrons. The Kier molecular flexibility index (Phi) is 3.24. The van der Waals surface area contributed by atoms with E-state index in [0.717, 1.165) is 0 Å². The Morgan fingerprint density at radius 2 is 2.15 bits per heavy atom. The van der Waals surface area contributed by atoms with E-state index in [9.17, 15) is 22.8 Å². The number of imide groups is 1. The number of rotatable bonds is 3. The molecule has 1 aromatic rings. The lowest BCUT2D eigenvalue weighted by atomic mass is 9.99. The minimum Gasteiger partial charge on any atom is -0.466 e. The van der Waals surface area contributed by atoms with Crippen molar-refractivity contribution >= 4 is 11.9 Å².